The number of carbonyl (C=O) groups excluding carboxylic acids is 3. The Labute approximate surface area is 290 Å². The number of benzene rings is 1. The second kappa shape index (κ2) is 24.2. The number of cyclic esters (lactones) is 1. The lowest BCUT2D eigenvalue weighted by Gasteiger charge is -2.23. The van der Waals surface area contributed by atoms with Gasteiger partial charge in [0.25, 0.3) is 5.69 Å². The van der Waals surface area contributed by atoms with E-state index >= 15 is 0 Å². The molecule has 9 heteroatoms. The lowest BCUT2D eigenvalue weighted by molar-refractivity contribution is -0.385. The van der Waals surface area contributed by atoms with Crippen molar-refractivity contribution in [1.29, 1.82) is 0 Å². The first-order valence-electron chi connectivity index (χ1n) is 19.2. The average molecular weight is 672 g/mol. The number of unbranched alkanes of at least 4 members (excludes halogenated alkanes) is 13. The number of carbonyl (C=O) groups is 3. The van der Waals surface area contributed by atoms with E-state index in [0.29, 0.717) is 24.8 Å². The van der Waals surface area contributed by atoms with Crippen LogP contribution in [0.25, 0.3) is 0 Å². The van der Waals surface area contributed by atoms with E-state index in [0.717, 1.165) is 62.6 Å². The zero-order valence-corrected chi connectivity index (χ0v) is 30.5. The van der Waals surface area contributed by atoms with E-state index in [2.05, 4.69) is 24.5 Å². The summed E-state index contributed by atoms with van der Waals surface area (Å²) in [6.07, 6.45) is 22.4. The Bertz CT molecular complexity index is 1120. The van der Waals surface area contributed by atoms with Crippen LogP contribution in [0.15, 0.2) is 12.1 Å². The monoisotopic (exact) mass is 671 g/mol. The Hall–Kier alpha value is -2.97. The fourth-order valence-electron chi connectivity index (χ4n) is 6.71. The molecule has 272 valence electrons. The number of nitrogens with one attached hydrogen (secondary N) is 2. The first kappa shape index (κ1) is 41.2. The fourth-order valence-corrected chi connectivity index (χ4v) is 6.71. The second-order valence-electron chi connectivity index (χ2n) is 14.0. The van der Waals surface area contributed by atoms with E-state index in [1.165, 1.54) is 64.2 Å². The zero-order chi connectivity index (χ0) is 35.1. The van der Waals surface area contributed by atoms with Gasteiger partial charge in [0, 0.05) is 35.7 Å². The number of rotatable bonds is 28. The van der Waals surface area contributed by atoms with Crippen LogP contribution in [0.1, 0.15) is 167 Å². The van der Waals surface area contributed by atoms with Gasteiger partial charge in [0.15, 0.2) is 0 Å². The molecule has 1 fully saturated rings. The number of nitrogens with zero attached hydrogens (tertiary/aromatic N) is 1. The van der Waals surface area contributed by atoms with Crippen LogP contribution in [0.4, 0.5) is 11.4 Å². The van der Waals surface area contributed by atoms with Crippen LogP contribution >= 0.6 is 0 Å². The first-order valence-corrected chi connectivity index (χ1v) is 19.2. The molecule has 3 atom stereocenters. The average Bonchev–Trinajstić information content (AvgIpc) is 3.46. The van der Waals surface area contributed by atoms with Crippen LogP contribution in [0.2, 0.25) is 0 Å². The number of Topliss-reactive ketones (excluding diaryl/α,β-unsaturated/α-hetero) is 1. The molecular weight excluding hydrogens is 606 g/mol. The van der Waals surface area contributed by atoms with Crippen LogP contribution in [0, 0.1) is 23.0 Å². The number of hydrogen-bond acceptors (Lipinski definition) is 7. The van der Waals surface area contributed by atoms with Crippen LogP contribution in [0.3, 0.4) is 0 Å². The zero-order valence-electron chi connectivity index (χ0n) is 30.5. The molecule has 0 spiro atoms. The van der Waals surface area contributed by atoms with Crippen molar-refractivity contribution in [3.05, 3.63) is 33.4 Å². The number of esters is 1. The summed E-state index contributed by atoms with van der Waals surface area (Å²) < 4.78 is 4.92. The number of amides is 1. The smallest absolute Gasteiger partial charge is 0.328 e. The SMILES string of the molecule is CCCCCCCCCCCCCC(CCCCC)Nc1cc(CC(CCCC)C(=O)CC(=O)NC2CCOC2=O)cc([N+](=O)[O-])c1C. The van der Waals surface area contributed by atoms with Gasteiger partial charge in [-0.2, -0.15) is 0 Å². The molecule has 0 aromatic heterocycles. The lowest BCUT2D eigenvalue weighted by atomic mass is 9.88. The predicted molar refractivity (Wildman–Crippen MR) is 194 cm³/mol. The second-order valence-corrected chi connectivity index (χ2v) is 14.0. The number of hydrogen-bond donors (Lipinski definition) is 2. The molecule has 9 nitrogen and oxygen atoms in total. The maximum absolute atomic E-state index is 13.4. The number of anilines is 1. The number of ketones is 1. The molecule has 0 aliphatic carbocycles. The molecule has 0 bridgehead atoms. The molecule has 1 aromatic carbocycles. The molecule has 1 aliphatic rings. The van der Waals surface area contributed by atoms with Crippen LogP contribution in [-0.2, 0) is 25.5 Å². The fraction of sp³-hybridized carbons (Fsp3) is 0.769. The van der Waals surface area contributed by atoms with Gasteiger partial charge in [-0.1, -0.05) is 124 Å². The molecule has 1 saturated heterocycles. The topological polar surface area (TPSA) is 128 Å². The van der Waals surface area contributed by atoms with Crippen LogP contribution < -0.4 is 10.6 Å². The Balaban J connectivity index is 2.07. The van der Waals surface area contributed by atoms with Gasteiger partial charge in [0.05, 0.1) is 18.0 Å². The Morgan fingerprint density at radius 3 is 1.98 bits per heavy atom. The molecular formula is C39H65N3O6. The summed E-state index contributed by atoms with van der Waals surface area (Å²) >= 11 is 0. The third-order valence-electron chi connectivity index (χ3n) is 9.76. The molecule has 1 aromatic rings. The van der Waals surface area contributed by atoms with Crippen molar-refractivity contribution in [2.24, 2.45) is 5.92 Å². The molecule has 2 rings (SSSR count). The van der Waals surface area contributed by atoms with Gasteiger partial charge >= 0.3 is 5.97 Å². The number of nitro benzene ring substituents is 1. The highest BCUT2D eigenvalue weighted by Gasteiger charge is 2.30. The third kappa shape index (κ3) is 16.0. The standard InChI is InChI=1S/C39H65N3O6/c1-5-8-11-12-13-14-15-16-17-18-20-23-33(22-19-9-6-2)40-35-27-31(28-36(30(35)4)42(46)47)26-32(21-10-7-3)37(43)29-38(44)41-34-24-25-48-39(34)45/h27-28,32-34,40H,5-26,29H2,1-4H3,(H,41,44). The minimum atomic E-state index is -0.705. The van der Waals surface area contributed by atoms with Gasteiger partial charge in [-0.25, -0.2) is 4.79 Å². The minimum absolute atomic E-state index is 0.0520. The maximum atomic E-state index is 13.4. The van der Waals surface area contributed by atoms with Crippen molar-refractivity contribution in [2.75, 3.05) is 11.9 Å². The molecule has 1 amide bonds. The largest absolute Gasteiger partial charge is 0.464 e. The highest BCUT2D eigenvalue weighted by molar-refractivity contribution is 6.00. The van der Waals surface area contributed by atoms with Gasteiger partial charge in [-0.15, -0.1) is 0 Å². The summed E-state index contributed by atoms with van der Waals surface area (Å²) in [6.45, 7) is 8.57. The van der Waals surface area contributed by atoms with Crippen LogP contribution in [-0.4, -0.2) is 41.3 Å². The summed E-state index contributed by atoms with van der Waals surface area (Å²) in [5.74, 6) is -1.61. The molecule has 0 saturated carbocycles. The summed E-state index contributed by atoms with van der Waals surface area (Å²) in [7, 11) is 0. The molecule has 0 radical (unpaired) electrons. The van der Waals surface area contributed by atoms with E-state index in [1.54, 1.807) is 13.0 Å². The minimum Gasteiger partial charge on any atom is -0.464 e. The van der Waals surface area contributed by atoms with Crippen molar-refractivity contribution >= 4 is 29.0 Å². The van der Waals surface area contributed by atoms with Gasteiger partial charge in [-0.3, -0.25) is 19.7 Å². The van der Waals surface area contributed by atoms with Crippen molar-refractivity contribution in [2.45, 2.75) is 181 Å². The Morgan fingerprint density at radius 1 is 0.854 bits per heavy atom. The molecule has 3 unspecified atom stereocenters. The van der Waals surface area contributed by atoms with E-state index < -0.39 is 23.8 Å². The first-order chi connectivity index (χ1) is 23.2. The van der Waals surface area contributed by atoms with Gasteiger partial charge in [0.1, 0.15) is 11.8 Å². The van der Waals surface area contributed by atoms with E-state index in [9.17, 15) is 24.5 Å². The quantitative estimate of drug-likeness (QED) is 0.0298. The highest BCUT2D eigenvalue weighted by Crippen LogP contribution is 2.32. The van der Waals surface area contributed by atoms with Gasteiger partial charge in [0.2, 0.25) is 5.91 Å². The normalized spacial score (nSPS) is 15.6. The lowest BCUT2D eigenvalue weighted by Crippen LogP contribution is -2.39. The summed E-state index contributed by atoms with van der Waals surface area (Å²) in [5.41, 5.74) is 2.16. The van der Waals surface area contributed by atoms with Crippen molar-refractivity contribution in [3.8, 4) is 0 Å². The van der Waals surface area contributed by atoms with Crippen LogP contribution in [0.5, 0.6) is 0 Å². The highest BCUT2D eigenvalue weighted by atomic mass is 16.6. The van der Waals surface area contributed by atoms with Crippen molar-refractivity contribution in [3.63, 3.8) is 0 Å². The molecule has 1 heterocycles. The van der Waals surface area contributed by atoms with Gasteiger partial charge < -0.3 is 15.4 Å². The number of nitro groups is 1. The molecule has 2 N–H and O–H groups in total. The summed E-state index contributed by atoms with van der Waals surface area (Å²) in [5, 5.41) is 18.5. The van der Waals surface area contributed by atoms with E-state index in [1.807, 2.05) is 13.0 Å². The summed E-state index contributed by atoms with van der Waals surface area (Å²) in [4.78, 5) is 49.6. The van der Waals surface area contributed by atoms with Gasteiger partial charge in [-0.05, 0) is 44.2 Å². The predicted octanol–water partition coefficient (Wildman–Crippen LogP) is 9.70. The third-order valence-corrected chi connectivity index (χ3v) is 9.76. The van der Waals surface area contributed by atoms with E-state index in [-0.39, 0.29) is 35.5 Å². The van der Waals surface area contributed by atoms with E-state index in [4.69, 9.17) is 4.74 Å². The summed E-state index contributed by atoms with van der Waals surface area (Å²) in [6, 6.07) is 3.10. The number of ether oxygens (including phenoxy) is 1. The maximum Gasteiger partial charge on any atom is 0.328 e. The Kier molecular flexibility index (Phi) is 20.8. The molecule has 1 aliphatic heterocycles. The van der Waals surface area contributed by atoms with Crippen molar-refractivity contribution in [1.82, 2.24) is 5.32 Å². The molecule has 48 heavy (non-hydrogen) atoms. The Morgan fingerprint density at radius 2 is 1.42 bits per heavy atom. The van der Waals surface area contributed by atoms with Crippen molar-refractivity contribution < 1.29 is 24.0 Å².